The summed E-state index contributed by atoms with van der Waals surface area (Å²) < 4.78 is 115. The molecule has 3 fully saturated rings. The van der Waals surface area contributed by atoms with Crippen molar-refractivity contribution in [3.05, 3.63) is 11.6 Å². The van der Waals surface area contributed by atoms with Crippen molar-refractivity contribution in [2.75, 3.05) is 6.61 Å². The molecule has 244 valence electrons. The molecular weight excluding hydrogens is 681 g/mol. The fourth-order valence-electron chi connectivity index (χ4n) is 9.40. The van der Waals surface area contributed by atoms with Crippen molar-refractivity contribution in [3.63, 3.8) is 0 Å². The Balaban J connectivity index is 0.00000337. The Kier molecular flexibility index (Phi) is 17.4. The van der Waals surface area contributed by atoms with E-state index in [9.17, 15) is 38.9 Å². The minimum absolute atomic E-state index is 0. The average Bonchev–Trinajstić information content (AvgIpc) is 3.18. The van der Waals surface area contributed by atoms with Gasteiger partial charge in [0.15, 0.2) is 0 Å². The van der Waals surface area contributed by atoms with Crippen molar-refractivity contribution >= 4 is 31.2 Å². The number of allylic oxidation sites excluding steroid dienone is 1. The molecule has 0 aliphatic heterocycles. The largest absolute Gasteiger partial charge is 1.00 e. The number of hydrogen-bond acceptors (Lipinski definition) is 12. The Hall–Kier alpha value is 2.35. The standard InChI is InChI=1S/C27H46O12S3.3Na/c1-17(16-37-40(28,29)30)6-5-7-18(2)21-10-11-22-20-9-8-19-14-24(38-41(31,32)33)25(39-42(34,35)36)15-27(19,4)23(20)12-13-26(21,22)3;;;/h8,17-18,20-25H,5-7,9-16H2,1-4H3,(H,28,29,30)(H,31,32,33)(H,34,35,36);;;/q;3*+1/p-3/t17?,18-,20?,21-,22+,23+,24+,25+,26-,27+;;;/m1.../s1. The number of hydrogen-bond donors (Lipinski definition) is 0. The van der Waals surface area contributed by atoms with Crippen molar-refractivity contribution in [1.82, 2.24) is 0 Å². The summed E-state index contributed by atoms with van der Waals surface area (Å²) in [5, 5.41) is 0. The van der Waals surface area contributed by atoms with Crippen LogP contribution in [0.3, 0.4) is 0 Å². The zero-order valence-electron chi connectivity index (χ0n) is 27.6. The minimum Gasteiger partial charge on any atom is -0.726 e. The van der Waals surface area contributed by atoms with Crippen molar-refractivity contribution in [3.8, 4) is 0 Å². The van der Waals surface area contributed by atoms with Crippen LogP contribution >= 0.6 is 0 Å². The molecular formula is C27H43Na3O12S3. The van der Waals surface area contributed by atoms with Crippen LogP contribution in [-0.2, 0) is 43.7 Å². The van der Waals surface area contributed by atoms with Gasteiger partial charge in [-0.25, -0.2) is 25.3 Å². The van der Waals surface area contributed by atoms with Gasteiger partial charge in [-0.15, -0.1) is 0 Å². The van der Waals surface area contributed by atoms with Gasteiger partial charge in [-0.3, -0.25) is 12.5 Å². The van der Waals surface area contributed by atoms with E-state index in [4.69, 9.17) is 4.18 Å². The van der Waals surface area contributed by atoms with Crippen LogP contribution in [0.1, 0.15) is 91.9 Å². The maximum absolute atomic E-state index is 11.5. The van der Waals surface area contributed by atoms with E-state index in [1.807, 2.05) is 13.8 Å². The zero-order valence-corrected chi connectivity index (χ0v) is 36.0. The van der Waals surface area contributed by atoms with E-state index in [0.29, 0.717) is 23.7 Å². The van der Waals surface area contributed by atoms with Crippen LogP contribution in [0.4, 0.5) is 0 Å². The fourth-order valence-corrected chi connectivity index (χ4v) is 10.8. The molecule has 0 aromatic rings. The second-order valence-corrected chi connectivity index (χ2v) is 16.8. The first-order valence-corrected chi connectivity index (χ1v) is 18.8. The molecule has 4 aliphatic carbocycles. The van der Waals surface area contributed by atoms with E-state index in [2.05, 4.69) is 28.3 Å². The normalized spacial score (nSPS) is 36.0. The van der Waals surface area contributed by atoms with E-state index >= 15 is 0 Å². The van der Waals surface area contributed by atoms with Gasteiger partial charge in [0.05, 0.1) is 6.61 Å². The second-order valence-electron chi connectivity index (χ2n) is 13.7. The summed E-state index contributed by atoms with van der Waals surface area (Å²) in [4.78, 5) is 0. The predicted octanol–water partition coefficient (Wildman–Crippen LogP) is -5.20. The smallest absolute Gasteiger partial charge is 0.726 e. The molecule has 4 aliphatic rings. The van der Waals surface area contributed by atoms with Gasteiger partial charge in [-0.2, -0.15) is 0 Å². The van der Waals surface area contributed by atoms with E-state index in [1.165, 1.54) is 0 Å². The summed E-state index contributed by atoms with van der Waals surface area (Å²) in [5.74, 6) is 1.92. The molecule has 4 rings (SSSR count). The first kappa shape index (κ1) is 45.4. The molecule has 10 atom stereocenters. The molecule has 0 aromatic carbocycles. The van der Waals surface area contributed by atoms with Crippen LogP contribution in [0, 0.1) is 46.3 Å². The Labute approximate surface area is 336 Å². The molecule has 45 heavy (non-hydrogen) atoms. The Morgan fingerprint density at radius 3 is 2.02 bits per heavy atom. The van der Waals surface area contributed by atoms with Gasteiger partial charge in [0.2, 0.25) is 31.2 Å². The van der Waals surface area contributed by atoms with Crippen LogP contribution in [0.15, 0.2) is 11.6 Å². The monoisotopic (exact) mass is 724 g/mol. The molecule has 3 saturated carbocycles. The number of rotatable bonds is 12. The third-order valence-corrected chi connectivity index (χ3v) is 12.6. The average molecular weight is 725 g/mol. The van der Waals surface area contributed by atoms with Crippen LogP contribution < -0.4 is 88.7 Å². The summed E-state index contributed by atoms with van der Waals surface area (Å²) in [6, 6.07) is 0. The van der Waals surface area contributed by atoms with E-state index in [0.717, 1.165) is 56.9 Å². The molecule has 0 radical (unpaired) electrons. The Bertz CT molecular complexity index is 1360. The molecule has 0 N–H and O–H groups in total. The van der Waals surface area contributed by atoms with Crippen molar-refractivity contribution in [1.29, 1.82) is 0 Å². The van der Waals surface area contributed by atoms with Gasteiger partial charge in [-0.1, -0.05) is 52.2 Å². The molecule has 0 spiro atoms. The first-order chi connectivity index (χ1) is 19.2. The molecule has 0 aromatic heterocycles. The minimum atomic E-state index is -5.16. The van der Waals surface area contributed by atoms with Crippen LogP contribution in [0.2, 0.25) is 0 Å². The zero-order chi connectivity index (χ0) is 31.3. The Morgan fingerprint density at radius 1 is 0.844 bits per heavy atom. The van der Waals surface area contributed by atoms with Crippen LogP contribution in [-0.4, -0.2) is 57.7 Å². The van der Waals surface area contributed by atoms with Gasteiger partial charge in [-0.05, 0) is 97.7 Å². The van der Waals surface area contributed by atoms with Crippen LogP contribution in [0.25, 0.3) is 0 Å². The molecule has 12 nitrogen and oxygen atoms in total. The SMILES string of the molecule is CC(CCC[C@@H](C)[C@H]1CC[C@H]2C3CC=C4C[C@H](OS(=O)(=O)[O-])[C@@H](OS(=O)(=O)[O-])C[C@]4(C)[C@H]3CC[C@]12C)COS(=O)(=O)[O-].[Na+].[Na+].[Na+]. The first-order valence-electron chi connectivity index (χ1n) is 14.8. The molecule has 2 unspecified atom stereocenters. The van der Waals surface area contributed by atoms with Crippen molar-refractivity contribution < 1.29 is 140 Å². The molecule has 0 saturated heterocycles. The van der Waals surface area contributed by atoms with Gasteiger partial charge < -0.3 is 13.7 Å². The van der Waals surface area contributed by atoms with Crippen molar-refractivity contribution in [2.24, 2.45) is 46.3 Å². The van der Waals surface area contributed by atoms with E-state index in [1.54, 1.807) is 0 Å². The summed E-state index contributed by atoms with van der Waals surface area (Å²) in [6.07, 6.45) is 6.96. The molecule has 18 heteroatoms. The summed E-state index contributed by atoms with van der Waals surface area (Å²) in [5.41, 5.74) is 0.528. The van der Waals surface area contributed by atoms with Gasteiger partial charge in [0.25, 0.3) is 0 Å². The van der Waals surface area contributed by atoms with E-state index in [-0.39, 0.29) is 125 Å². The topological polar surface area (TPSA) is 199 Å². The third-order valence-electron chi connectivity index (χ3n) is 11.2. The van der Waals surface area contributed by atoms with Gasteiger partial charge >= 0.3 is 88.7 Å². The summed E-state index contributed by atoms with van der Waals surface area (Å²) in [7, 11) is -15.0. The molecule has 0 heterocycles. The summed E-state index contributed by atoms with van der Waals surface area (Å²) in [6.45, 7) is 8.47. The van der Waals surface area contributed by atoms with Gasteiger partial charge in [0.1, 0.15) is 12.2 Å². The second kappa shape index (κ2) is 17.2. The number of fused-ring (bicyclic) bond motifs is 5. The fraction of sp³-hybridized carbons (Fsp3) is 0.926. The van der Waals surface area contributed by atoms with Gasteiger partial charge in [0, 0.05) is 0 Å². The third kappa shape index (κ3) is 11.4. The van der Waals surface area contributed by atoms with E-state index < -0.39 is 48.8 Å². The van der Waals surface area contributed by atoms with Crippen LogP contribution in [0.5, 0.6) is 0 Å². The predicted molar refractivity (Wildman–Crippen MR) is 148 cm³/mol. The molecule has 0 bridgehead atoms. The quantitative estimate of drug-likeness (QED) is 0.0804. The maximum Gasteiger partial charge on any atom is 1.00 e. The Morgan fingerprint density at radius 2 is 1.44 bits per heavy atom. The van der Waals surface area contributed by atoms with Crippen molar-refractivity contribution in [2.45, 2.75) is 104 Å². The maximum atomic E-state index is 11.5. The summed E-state index contributed by atoms with van der Waals surface area (Å²) >= 11 is 0. The molecule has 0 amide bonds.